The van der Waals surface area contributed by atoms with Crippen LogP contribution in [-0.4, -0.2) is 34.8 Å². The average Bonchev–Trinajstić information content (AvgIpc) is 3.15. The Hall–Kier alpha value is -2.25. The molecular formula is C20H20BrN3O2S. The highest BCUT2D eigenvalue weighted by atomic mass is 79.9. The van der Waals surface area contributed by atoms with Crippen LogP contribution in [0.25, 0.3) is 10.9 Å². The lowest BCUT2D eigenvalue weighted by Crippen LogP contribution is -2.44. The smallest absolute Gasteiger partial charge is 0.253 e. The van der Waals surface area contributed by atoms with E-state index in [1.165, 1.54) is 0 Å². The lowest BCUT2D eigenvalue weighted by Gasteiger charge is -2.19. The Balaban J connectivity index is 1.77. The van der Waals surface area contributed by atoms with Crippen LogP contribution in [0, 0.1) is 0 Å². The van der Waals surface area contributed by atoms with E-state index >= 15 is 0 Å². The number of aromatic amines is 1. The van der Waals surface area contributed by atoms with E-state index in [9.17, 15) is 9.59 Å². The summed E-state index contributed by atoms with van der Waals surface area (Å²) >= 11 is 5.02. The van der Waals surface area contributed by atoms with Crippen molar-refractivity contribution in [2.75, 3.05) is 17.3 Å². The first kappa shape index (κ1) is 19.5. The first-order valence-corrected chi connectivity index (χ1v) is 10.7. The van der Waals surface area contributed by atoms with Crippen molar-refractivity contribution >= 4 is 56.1 Å². The van der Waals surface area contributed by atoms with Crippen LogP contribution in [0.1, 0.15) is 16.8 Å². The highest BCUT2D eigenvalue weighted by Gasteiger charge is 2.22. The van der Waals surface area contributed by atoms with Crippen LogP contribution in [0.3, 0.4) is 0 Å². The van der Waals surface area contributed by atoms with Gasteiger partial charge in [0.1, 0.15) is 6.04 Å². The number of hydrogen-bond acceptors (Lipinski definition) is 3. The molecule has 0 fully saturated rings. The summed E-state index contributed by atoms with van der Waals surface area (Å²) in [5.74, 6) is 0.268. The number of anilines is 1. The van der Waals surface area contributed by atoms with Gasteiger partial charge in [-0.15, -0.1) is 0 Å². The van der Waals surface area contributed by atoms with Crippen molar-refractivity contribution in [1.29, 1.82) is 0 Å². The number of amides is 2. The van der Waals surface area contributed by atoms with Crippen LogP contribution in [0.2, 0.25) is 0 Å². The number of carbonyl (C=O) groups is 2. The molecule has 0 spiro atoms. The highest BCUT2D eigenvalue weighted by molar-refractivity contribution is 9.10. The molecule has 3 rings (SSSR count). The van der Waals surface area contributed by atoms with Gasteiger partial charge in [-0.05, 0) is 64.7 Å². The van der Waals surface area contributed by atoms with Crippen molar-refractivity contribution in [2.24, 2.45) is 0 Å². The molecule has 0 bridgehead atoms. The van der Waals surface area contributed by atoms with Crippen LogP contribution in [0.15, 0.2) is 59.2 Å². The normalized spacial score (nSPS) is 11.9. The number of hydrogen-bond donors (Lipinski definition) is 3. The molecule has 2 aromatic carbocycles. The SMILES string of the molecule is CSCCC(NC(=O)c1ccccc1Br)C(=O)Nc1cccc2[nH]ccc12. The minimum absolute atomic E-state index is 0.224. The summed E-state index contributed by atoms with van der Waals surface area (Å²) < 4.78 is 0.698. The van der Waals surface area contributed by atoms with Gasteiger partial charge in [0.05, 0.1) is 11.3 Å². The maximum absolute atomic E-state index is 12.9. The van der Waals surface area contributed by atoms with Crippen molar-refractivity contribution < 1.29 is 9.59 Å². The minimum Gasteiger partial charge on any atom is -0.361 e. The third kappa shape index (κ3) is 4.73. The molecule has 7 heteroatoms. The molecule has 0 aliphatic carbocycles. The first-order valence-electron chi connectivity index (χ1n) is 8.51. The van der Waals surface area contributed by atoms with Gasteiger partial charge in [0.15, 0.2) is 0 Å². The summed E-state index contributed by atoms with van der Waals surface area (Å²) in [6.07, 6.45) is 4.36. The van der Waals surface area contributed by atoms with Gasteiger partial charge >= 0.3 is 0 Å². The summed E-state index contributed by atoms with van der Waals surface area (Å²) in [6.45, 7) is 0. The van der Waals surface area contributed by atoms with E-state index in [0.717, 1.165) is 22.3 Å². The van der Waals surface area contributed by atoms with E-state index < -0.39 is 6.04 Å². The Kier molecular flexibility index (Phi) is 6.58. The predicted molar refractivity (Wildman–Crippen MR) is 115 cm³/mol. The Bertz CT molecular complexity index is 957. The summed E-state index contributed by atoms with van der Waals surface area (Å²) in [7, 11) is 0. The molecule has 0 radical (unpaired) electrons. The van der Waals surface area contributed by atoms with Gasteiger partial charge in [-0.3, -0.25) is 9.59 Å². The van der Waals surface area contributed by atoms with Gasteiger partial charge in [-0.25, -0.2) is 0 Å². The molecule has 5 nitrogen and oxygen atoms in total. The lowest BCUT2D eigenvalue weighted by molar-refractivity contribution is -0.118. The van der Waals surface area contributed by atoms with Crippen LogP contribution in [0.4, 0.5) is 5.69 Å². The number of nitrogens with one attached hydrogen (secondary N) is 3. The van der Waals surface area contributed by atoms with Crippen LogP contribution in [0.5, 0.6) is 0 Å². The zero-order chi connectivity index (χ0) is 19.2. The molecule has 0 aliphatic heterocycles. The topological polar surface area (TPSA) is 74.0 Å². The Labute approximate surface area is 170 Å². The lowest BCUT2D eigenvalue weighted by atomic mass is 10.1. The standard InChI is InChI=1S/C20H20BrN3O2S/c1-27-12-10-18(24-19(25)13-5-2-3-6-15(13)21)20(26)23-17-8-4-7-16-14(17)9-11-22-16/h2-9,11,18,22H,10,12H2,1H3,(H,23,26)(H,24,25). The summed E-state index contributed by atoms with van der Waals surface area (Å²) in [5.41, 5.74) is 2.18. The van der Waals surface area contributed by atoms with E-state index in [4.69, 9.17) is 0 Å². The highest BCUT2D eigenvalue weighted by Crippen LogP contribution is 2.22. The van der Waals surface area contributed by atoms with Gasteiger partial charge in [0, 0.05) is 21.6 Å². The Morgan fingerprint density at radius 3 is 2.74 bits per heavy atom. The van der Waals surface area contributed by atoms with E-state index in [1.54, 1.807) is 30.0 Å². The molecule has 140 valence electrons. The Morgan fingerprint density at radius 2 is 1.96 bits per heavy atom. The molecule has 0 saturated heterocycles. The monoisotopic (exact) mass is 445 g/mol. The number of fused-ring (bicyclic) bond motifs is 1. The summed E-state index contributed by atoms with van der Waals surface area (Å²) in [5, 5.41) is 6.76. The molecule has 3 N–H and O–H groups in total. The van der Waals surface area contributed by atoms with E-state index in [2.05, 4.69) is 31.5 Å². The number of aromatic nitrogens is 1. The van der Waals surface area contributed by atoms with E-state index in [0.29, 0.717) is 16.5 Å². The fraction of sp³-hybridized carbons (Fsp3) is 0.200. The number of rotatable bonds is 7. The molecule has 3 aromatic rings. The molecule has 1 heterocycles. The third-order valence-electron chi connectivity index (χ3n) is 4.20. The van der Waals surface area contributed by atoms with Gasteiger partial charge < -0.3 is 15.6 Å². The van der Waals surface area contributed by atoms with E-state index in [1.807, 2.05) is 42.8 Å². The fourth-order valence-electron chi connectivity index (χ4n) is 2.80. The van der Waals surface area contributed by atoms with Gasteiger partial charge in [-0.2, -0.15) is 11.8 Å². The Morgan fingerprint density at radius 1 is 1.15 bits per heavy atom. The van der Waals surface area contributed by atoms with Crippen LogP contribution < -0.4 is 10.6 Å². The summed E-state index contributed by atoms with van der Waals surface area (Å²) in [4.78, 5) is 28.6. The molecule has 1 atom stereocenters. The molecule has 2 amide bonds. The molecule has 1 aromatic heterocycles. The van der Waals surface area contributed by atoms with Gasteiger partial charge in [0.25, 0.3) is 5.91 Å². The molecule has 27 heavy (non-hydrogen) atoms. The molecule has 0 aliphatic rings. The average molecular weight is 446 g/mol. The van der Waals surface area contributed by atoms with Crippen molar-refractivity contribution in [3.8, 4) is 0 Å². The van der Waals surface area contributed by atoms with Crippen molar-refractivity contribution in [2.45, 2.75) is 12.5 Å². The molecule has 0 saturated carbocycles. The van der Waals surface area contributed by atoms with Crippen molar-refractivity contribution in [3.63, 3.8) is 0 Å². The van der Waals surface area contributed by atoms with E-state index in [-0.39, 0.29) is 11.8 Å². The first-order chi connectivity index (χ1) is 13.1. The summed E-state index contributed by atoms with van der Waals surface area (Å²) in [6, 6.07) is 14.2. The van der Waals surface area contributed by atoms with Gasteiger partial charge in [0.2, 0.25) is 5.91 Å². The molecular weight excluding hydrogens is 426 g/mol. The maximum Gasteiger partial charge on any atom is 0.253 e. The van der Waals surface area contributed by atoms with Gasteiger partial charge in [-0.1, -0.05) is 18.2 Å². The fourth-order valence-corrected chi connectivity index (χ4v) is 3.74. The van der Waals surface area contributed by atoms with Crippen LogP contribution >= 0.6 is 27.7 Å². The van der Waals surface area contributed by atoms with Crippen molar-refractivity contribution in [3.05, 3.63) is 64.8 Å². The molecule has 1 unspecified atom stereocenters. The maximum atomic E-state index is 12.9. The number of benzene rings is 2. The largest absolute Gasteiger partial charge is 0.361 e. The second-order valence-electron chi connectivity index (χ2n) is 6.02. The number of carbonyl (C=O) groups excluding carboxylic acids is 2. The zero-order valence-electron chi connectivity index (χ0n) is 14.8. The zero-order valence-corrected chi connectivity index (χ0v) is 17.2. The number of H-pyrrole nitrogens is 1. The second kappa shape index (κ2) is 9.10. The third-order valence-corrected chi connectivity index (χ3v) is 5.54. The number of thioether (sulfide) groups is 1. The quantitative estimate of drug-likeness (QED) is 0.503. The van der Waals surface area contributed by atoms with Crippen LogP contribution in [-0.2, 0) is 4.79 Å². The second-order valence-corrected chi connectivity index (χ2v) is 7.86. The number of halogens is 1. The minimum atomic E-state index is -0.619. The predicted octanol–water partition coefficient (Wildman–Crippen LogP) is 4.42. The van der Waals surface area contributed by atoms with Crippen molar-refractivity contribution in [1.82, 2.24) is 10.3 Å².